The summed E-state index contributed by atoms with van der Waals surface area (Å²) in [7, 11) is 3.36. The fourth-order valence-corrected chi connectivity index (χ4v) is 3.01. The molecule has 0 bridgehead atoms. The lowest BCUT2D eigenvalue weighted by Gasteiger charge is -2.02. The third kappa shape index (κ3) is 5.56. The molecule has 4 N–H and O–H groups in total. The molecule has 1 aromatic rings. The van der Waals surface area contributed by atoms with Crippen molar-refractivity contribution in [1.82, 2.24) is 0 Å². The molecule has 2 nitrogen and oxygen atoms in total. The van der Waals surface area contributed by atoms with Crippen LogP contribution in [0.1, 0.15) is 6.92 Å². The first-order valence-corrected chi connectivity index (χ1v) is 7.25. The highest BCUT2D eigenvalue weighted by molar-refractivity contribution is 8.78. The molecule has 0 fully saturated rings. The highest BCUT2D eigenvalue weighted by atomic mass is 33.1. The Hall–Kier alpha value is -1.26. The van der Waals surface area contributed by atoms with Crippen LogP contribution in [0.3, 0.4) is 0 Å². The zero-order valence-corrected chi connectivity index (χ0v) is 11.4. The van der Waals surface area contributed by atoms with Crippen molar-refractivity contribution >= 4 is 27.3 Å². The fraction of sp³-hybridized carbons (Fsp3) is 0.0769. The predicted octanol–water partition coefficient (Wildman–Crippen LogP) is 3.94. The third-order valence-corrected chi connectivity index (χ3v) is 4.38. The summed E-state index contributed by atoms with van der Waals surface area (Å²) < 4.78 is 0. The molecule has 0 aromatic heterocycles. The van der Waals surface area contributed by atoms with Gasteiger partial charge in [-0.2, -0.15) is 0 Å². The van der Waals surface area contributed by atoms with Gasteiger partial charge in [0.1, 0.15) is 0 Å². The summed E-state index contributed by atoms with van der Waals surface area (Å²) in [4.78, 5) is 2.31. The van der Waals surface area contributed by atoms with E-state index in [2.05, 4.69) is 6.58 Å². The molecule has 0 radical (unpaired) electrons. The molecule has 0 aliphatic heterocycles. The third-order valence-electron chi connectivity index (χ3n) is 1.86. The van der Waals surface area contributed by atoms with E-state index in [0.29, 0.717) is 5.70 Å². The Morgan fingerprint density at radius 3 is 2.41 bits per heavy atom. The van der Waals surface area contributed by atoms with E-state index < -0.39 is 0 Å². The van der Waals surface area contributed by atoms with Gasteiger partial charge in [-0.1, -0.05) is 34.2 Å². The van der Waals surface area contributed by atoms with Crippen LogP contribution in [0.15, 0.2) is 64.6 Å². The average molecular weight is 264 g/mol. The van der Waals surface area contributed by atoms with Gasteiger partial charge in [-0.05, 0) is 43.3 Å². The average Bonchev–Trinajstić information content (AvgIpc) is 2.31. The number of nitrogen functional groups attached to an aromatic ring is 1. The van der Waals surface area contributed by atoms with Gasteiger partial charge < -0.3 is 11.5 Å². The van der Waals surface area contributed by atoms with Crippen LogP contribution < -0.4 is 11.5 Å². The Kier molecular flexibility index (Phi) is 5.80. The lowest BCUT2D eigenvalue weighted by Crippen LogP contribution is -1.88. The molecular weight excluding hydrogens is 248 g/mol. The summed E-state index contributed by atoms with van der Waals surface area (Å²) in [6.45, 7) is 5.62. The molecule has 0 saturated heterocycles. The van der Waals surface area contributed by atoms with Crippen molar-refractivity contribution in [3.8, 4) is 0 Å². The zero-order valence-electron chi connectivity index (χ0n) is 9.72. The molecule has 0 aliphatic rings. The van der Waals surface area contributed by atoms with Crippen LogP contribution in [0.25, 0.3) is 0 Å². The lowest BCUT2D eigenvalue weighted by atomic mass is 10.3. The second-order valence-corrected chi connectivity index (χ2v) is 5.61. The van der Waals surface area contributed by atoms with Crippen LogP contribution in [0.4, 0.5) is 5.69 Å². The maximum absolute atomic E-state index is 5.63. The molecule has 0 heterocycles. The minimum Gasteiger partial charge on any atom is -0.399 e. The van der Waals surface area contributed by atoms with Gasteiger partial charge in [-0.15, -0.1) is 0 Å². The first kappa shape index (κ1) is 13.8. The summed E-state index contributed by atoms with van der Waals surface area (Å²) in [5.41, 5.74) is 12.4. The van der Waals surface area contributed by atoms with Gasteiger partial charge in [-0.25, -0.2) is 0 Å². The number of anilines is 1. The molecule has 0 unspecified atom stereocenters. The number of rotatable bonds is 5. The largest absolute Gasteiger partial charge is 0.399 e. The van der Waals surface area contributed by atoms with Crippen LogP contribution in [-0.2, 0) is 0 Å². The zero-order chi connectivity index (χ0) is 12.7. The van der Waals surface area contributed by atoms with Crippen LogP contribution in [0, 0.1) is 0 Å². The number of nitrogens with two attached hydrogens (primary N) is 2. The van der Waals surface area contributed by atoms with Crippen molar-refractivity contribution in [2.75, 3.05) is 5.73 Å². The first-order chi connectivity index (χ1) is 8.11. The minimum atomic E-state index is 0.558. The molecule has 90 valence electrons. The van der Waals surface area contributed by atoms with E-state index >= 15 is 0 Å². The van der Waals surface area contributed by atoms with Gasteiger partial charge in [0, 0.05) is 21.2 Å². The highest BCUT2D eigenvalue weighted by Gasteiger charge is 1.97. The standard InChI is InChI=1S/C13H16N2S2/c1-3-12(7-4-10(2)14)16-17-13-8-5-11(15)6-9-13/h3-9H,2,14-15H2,1H3/b7-4-,12-3+. The second kappa shape index (κ2) is 7.14. The number of benzene rings is 1. The van der Waals surface area contributed by atoms with Gasteiger partial charge in [-0.3, -0.25) is 0 Å². The van der Waals surface area contributed by atoms with E-state index in [9.17, 15) is 0 Å². The molecule has 0 aliphatic carbocycles. The minimum absolute atomic E-state index is 0.558. The van der Waals surface area contributed by atoms with Gasteiger partial charge in [0.05, 0.1) is 0 Å². The van der Waals surface area contributed by atoms with Gasteiger partial charge in [0.25, 0.3) is 0 Å². The molecular formula is C13H16N2S2. The molecule has 0 atom stereocenters. The smallest absolute Gasteiger partial charge is 0.0314 e. The number of hydrogen-bond donors (Lipinski definition) is 2. The molecule has 0 spiro atoms. The van der Waals surface area contributed by atoms with E-state index in [4.69, 9.17) is 11.5 Å². The normalized spacial score (nSPS) is 11.9. The number of allylic oxidation sites excluding steroid dienone is 3. The Labute approximate surface area is 110 Å². The van der Waals surface area contributed by atoms with E-state index in [1.54, 1.807) is 27.7 Å². The Morgan fingerprint density at radius 1 is 1.24 bits per heavy atom. The molecule has 17 heavy (non-hydrogen) atoms. The van der Waals surface area contributed by atoms with E-state index in [-0.39, 0.29) is 0 Å². The Balaban J connectivity index is 2.54. The fourth-order valence-electron chi connectivity index (χ4n) is 0.981. The van der Waals surface area contributed by atoms with Gasteiger partial charge >= 0.3 is 0 Å². The van der Waals surface area contributed by atoms with E-state index in [0.717, 1.165) is 10.6 Å². The topological polar surface area (TPSA) is 52.0 Å². The second-order valence-electron chi connectivity index (χ2n) is 3.33. The summed E-state index contributed by atoms with van der Waals surface area (Å²) in [6.07, 6.45) is 5.79. The van der Waals surface area contributed by atoms with Crippen molar-refractivity contribution in [3.05, 3.63) is 59.7 Å². The van der Waals surface area contributed by atoms with Crippen molar-refractivity contribution < 1.29 is 0 Å². The summed E-state index contributed by atoms with van der Waals surface area (Å²) in [5, 5.41) is 0. The number of hydrogen-bond acceptors (Lipinski definition) is 4. The Morgan fingerprint density at radius 2 is 1.88 bits per heavy atom. The maximum Gasteiger partial charge on any atom is 0.0314 e. The van der Waals surface area contributed by atoms with Gasteiger partial charge in [0.15, 0.2) is 0 Å². The molecule has 1 rings (SSSR count). The molecule has 0 amide bonds. The maximum atomic E-state index is 5.63. The predicted molar refractivity (Wildman–Crippen MR) is 80.5 cm³/mol. The SMILES string of the molecule is C=C(N)/C=C\C(=C/C)SSc1ccc(N)cc1. The molecule has 0 saturated carbocycles. The summed E-state index contributed by atoms with van der Waals surface area (Å²) >= 11 is 0. The highest BCUT2D eigenvalue weighted by Crippen LogP contribution is 2.37. The van der Waals surface area contributed by atoms with E-state index in [1.807, 2.05) is 43.3 Å². The quantitative estimate of drug-likeness (QED) is 0.480. The Bertz CT molecular complexity index is 433. The van der Waals surface area contributed by atoms with Crippen molar-refractivity contribution in [2.45, 2.75) is 11.8 Å². The molecule has 1 aromatic carbocycles. The molecule has 4 heteroatoms. The lowest BCUT2D eigenvalue weighted by molar-refractivity contribution is 1.45. The monoisotopic (exact) mass is 264 g/mol. The summed E-state index contributed by atoms with van der Waals surface area (Å²) in [6, 6.07) is 7.81. The first-order valence-electron chi connectivity index (χ1n) is 5.10. The van der Waals surface area contributed by atoms with Crippen LogP contribution in [-0.4, -0.2) is 0 Å². The van der Waals surface area contributed by atoms with Crippen molar-refractivity contribution in [1.29, 1.82) is 0 Å². The van der Waals surface area contributed by atoms with Crippen molar-refractivity contribution in [3.63, 3.8) is 0 Å². The van der Waals surface area contributed by atoms with Crippen molar-refractivity contribution in [2.24, 2.45) is 5.73 Å². The summed E-state index contributed by atoms with van der Waals surface area (Å²) in [5.74, 6) is 0. The van der Waals surface area contributed by atoms with Crippen LogP contribution in [0.5, 0.6) is 0 Å². The van der Waals surface area contributed by atoms with Crippen LogP contribution >= 0.6 is 21.6 Å². The van der Waals surface area contributed by atoms with E-state index in [1.165, 1.54) is 4.90 Å². The van der Waals surface area contributed by atoms with Crippen LogP contribution in [0.2, 0.25) is 0 Å². The van der Waals surface area contributed by atoms with Gasteiger partial charge in [0.2, 0.25) is 0 Å².